The van der Waals surface area contributed by atoms with E-state index in [1.54, 1.807) is 18.3 Å². The highest BCUT2D eigenvalue weighted by Gasteiger charge is 2.24. The summed E-state index contributed by atoms with van der Waals surface area (Å²) in [4.78, 5) is 20.0. The van der Waals surface area contributed by atoms with E-state index in [2.05, 4.69) is 20.0 Å². The lowest BCUT2D eigenvalue weighted by Gasteiger charge is -2.23. The van der Waals surface area contributed by atoms with Gasteiger partial charge < -0.3 is 16.0 Å². The Bertz CT molecular complexity index is 1540. The molecule has 1 fully saturated rings. The minimum absolute atomic E-state index is 0.0382. The number of sulfonamides is 1. The summed E-state index contributed by atoms with van der Waals surface area (Å²) in [7, 11) is -3.75. The van der Waals surface area contributed by atoms with Crippen LogP contribution in [0, 0.1) is 0 Å². The first-order valence-corrected chi connectivity index (χ1v) is 13.1. The third kappa shape index (κ3) is 4.89. The molecule has 2 aromatic heterocycles. The number of H-pyrrole nitrogens is 1. The van der Waals surface area contributed by atoms with Crippen molar-refractivity contribution in [2.75, 3.05) is 13.1 Å². The van der Waals surface area contributed by atoms with E-state index in [-0.39, 0.29) is 16.0 Å². The summed E-state index contributed by atoms with van der Waals surface area (Å²) in [5.74, 6) is 0. The molecule has 4 aromatic rings. The van der Waals surface area contributed by atoms with Crippen LogP contribution >= 0.6 is 11.6 Å². The van der Waals surface area contributed by atoms with Gasteiger partial charge in [0.2, 0.25) is 10.0 Å². The summed E-state index contributed by atoms with van der Waals surface area (Å²) < 4.78 is 30.0. The predicted octanol–water partition coefficient (Wildman–Crippen LogP) is 2.52. The molecule has 35 heavy (non-hydrogen) atoms. The summed E-state index contributed by atoms with van der Waals surface area (Å²) >= 11 is 6.41. The molecule has 0 amide bonds. The summed E-state index contributed by atoms with van der Waals surface area (Å²) in [5, 5.41) is 4.06. The van der Waals surface area contributed by atoms with Crippen LogP contribution in [0.1, 0.15) is 18.4 Å². The molecule has 1 aliphatic heterocycles. The molecule has 0 spiro atoms. The number of aromatic nitrogens is 3. The molecule has 0 saturated carbocycles. The molecule has 5 N–H and O–H groups in total. The van der Waals surface area contributed by atoms with Gasteiger partial charge in [-0.2, -0.15) is 4.98 Å². The molecule has 0 unspecified atom stereocenters. The van der Waals surface area contributed by atoms with Gasteiger partial charge >= 0.3 is 5.69 Å². The fourth-order valence-corrected chi connectivity index (χ4v) is 6.09. The monoisotopic (exact) mass is 512 g/mol. The highest BCUT2D eigenvalue weighted by molar-refractivity contribution is 7.89. The highest BCUT2D eigenvalue weighted by atomic mass is 35.5. The quantitative estimate of drug-likeness (QED) is 0.313. The standard InChI is InChI=1S/C24H25ClN6O3S/c25-20-11-16(3-6-22(20)35(33,34)30-18-7-9-27-10-8-18)21-12-17-14-31(24(32)29-23(17)28-21)19-4-1-15(13-26)2-5-19/h1-6,11-12,14,18,27,30H,7-10,13,26H2,(H,28,29,32). The Labute approximate surface area is 207 Å². The fraction of sp³-hybridized carbons (Fsp3) is 0.250. The van der Waals surface area contributed by atoms with E-state index in [1.165, 1.54) is 10.6 Å². The molecular weight excluding hydrogens is 488 g/mol. The van der Waals surface area contributed by atoms with E-state index in [1.807, 2.05) is 30.3 Å². The first-order chi connectivity index (χ1) is 16.8. The molecule has 182 valence electrons. The van der Waals surface area contributed by atoms with E-state index in [9.17, 15) is 13.2 Å². The van der Waals surface area contributed by atoms with Crippen molar-refractivity contribution in [1.29, 1.82) is 0 Å². The lowest BCUT2D eigenvalue weighted by molar-refractivity contribution is 0.427. The van der Waals surface area contributed by atoms with Gasteiger partial charge in [0.25, 0.3) is 0 Å². The summed E-state index contributed by atoms with van der Waals surface area (Å²) in [6.07, 6.45) is 3.18. The van der Waals surface area contributed by atoms with Crippen molar-refractivity contribution in [1.82, 2.24) is 24.6 Å². The Kier molecular flexibility index (Phi) is 6.47. The topological polar surface area (TPSA) is 135 Å². The predicted molar refractivity (Wildman–Crippen MR) is 136 cm³/mol. The first kappa shape index (κ1) is 23.7. The van der Waals surface area contributed by atoms with E-state index in [4.69, 9.17) is 17.3 Å². The SMILES string of the molecule is NCc1ccc(-n2cc3cc(-c4ccc(S(=O)(=O)NC5CCNCC5)c(Cl)c4)[nH]c3nc2=O)cc1. The molecular formula is C24H25ClN6O3S. The minimum atomic E-state index is -3.75. The van der Waals surface area contributed by atoms with Crippen molar-refractivity contribution in [2.45, 2.75) is 30.3 Å². The van der Waals surface area contributed by atoms with Gasteiger partial charge in [-0.25, -0.2) is 17.9 Å². The highest BCUT2D eigenvalue weighted by Crippen LogP contribution is 2.30. The van der Waals surface area contributed by atoms with Gasteiger partial charge in [-0.3, -0.25) is 4.57 Å². The van der Waals surface area contributed by atoms with Crippen LogP contribution in [0.15, 0.2) is 64.4 Å². The Morgan fingerprint density at radius 2 is 1.86 bits per heavy atom. The molecule has 11 heteroatoms. The number of halogens is 1. The van der Waals surface area contributed by atoms with Crippen LogP contribution in [0.3, 0.4) is 0 Å². The molecule has 5 rings (SSSR count). The Hall–Kier alpha value is -3.02. The number of rotatable bonds is 6. The van der Waals surface area contributed by atoms with Crippen LogP contribution in [0.4, 0.5) is 0 Å². The minimum Gasteiger partial charge on any atom is -0.339 e. The first-order valence-electron chi connectivity index (χ1n) is 11.3. The molecule has 0 atom stereocenters. The molecule has 3 heterocycles. The summed E-state index contributed by atoms with van der Waals surface area (Å²) in [6, 6.07) is 13.9. The number of hydrogen-bond acceptors (Lipinski definition) is 6. The Morgan fingerprint density at radius 3 is 2.54 bits per heavy atom. The molecule has 2 aromatic carbocycles. The van der Waals surface area contributed by atoms with Gasteiger partial charge in [-0.05, 0) is 67.4 Å². The zero-order valence-corrected chi connectivity index (χ0v) is 20.4. The average Bonchev–Trinajstić information content (AvgIpc) is 3.26. The van der Waals surface area contributed by atoms with Crippen LogP contribution in [0.25, 0.3) is 28.0 Å². The zero-order valence-electron chi connectivity index (χ0n) is 18.8. The molecule has 1 saturated heterocycles. The third-order valence-corrected chi connectivity index (χ3v) is 8.16. The molecule has 0 radical (unpaired) electrons. The van der Waals surface area contributed by atoms with Crippen molar-refractivity contribution in [3.63, 3.8) is 0 Å². The smallest absolute Gasteiger partial charge is 0.339 e. The second kappa shape index (κ2) is 9.56. The van der Waals surface area contributed by atoms with Crippen molar-refractivity contribution >= 4 is 32.7 Å². The second-order valence-corrected chi connectivity index (χ2v) is 10.6. The van der Waals surface area contributed by atoms with Crippen molar-refractivity contribution < 1.29 is 8.42 Å². The van der Waals surface area contributed by atoms with Crippen LogP contribution in [-0.2, 0) is 16.6 Å². The fourth-order valence-electron chi connectivity index (χ4n) is 4.24. The van der Waals surface area contributed by atoms with Gasteiger partial charge in [-0.15, -0.1) is 0 Å². The number of nitrogens with two attached hydrogens (primary N) is 1. The van der Waals surface area contributed by atoms with Crippen molar-refractivity contribution in [3.05, 3.63) is 75.8 Å². The van der Waals surface area contributed by atoms with E-state index < -0.39 is 15.7 Å². The second-order valence-electron chi connectivity index (χ2n) is 8.54. The van der Waals surface area contributed by atoms with Crippen LogP contribution in [-0.4, -0.2) is 42.1 Å². The summed E-state index contributed by atoms with van der Waals surface area (Å²) in [6.45, 7) is 1.97. The number of nitrogens with zero attached hydrogens (tertiary/aromatic N) is 2. The average molecular weight is 513 g/mol. The maximum absolute atomic E-state index is 12.9. The molecule has 0 bridgehead atoms. The van der Waals surface area contributed by atoms with Crippen molar-refractivity contribution in [2.24, 2.45) is 5.73 Å². The van der Waals surface area contributed by atoms with Gasteiger partial charge in [0, 0.05) is 29.9 Å². The van der Waals surface area contributed by atoms with Crippen LogP contribution in [0.2, 0.25) is 5.02 Å². The van der Waals surface area contributed by atoms with E-state index in [0.717, 1.165) is 36.9 Å². The number of benzene rings is 2. The number of nitrogens with one attached hydrogen (secondary N) is 3. The summed E-state index contributed by atoms with van der Waals surface area (Å²) in [5.41, 5.74) is 8.66. The zero-order chi connectivity index (χ0) is 24.6. The normalized spacial score (nSPS) is 15.0. The maximum Gasteiger partial charge on any atom is 0.354 e. The van der Waals surface area contributed by atoms with Crippen molar-refractivity contribution in [3.8, 4) is 16.9 Å². The maximum atomic E-state index is 12.9. The van der Waals surface area contributed by atoms with E-state index in [0.29, 0.717) is 29.1 Å². The number of aromatic amines is 1. The van der Waals surface area contributed by atoms with E-state index >= 15 is 0 Å². The Balaban J connectivity index is 1.45. The molecule has 1 aliphatic rings. The largest absolute Gasteiger partial charge is 0.354 e. The van der Waals surface area contributed by atoms with Gasteiger partial charge in [0.15, 0.2) is 0 Å². The van der Waals surface area contributed by atoms with Gasteiger partial charge in [-0.1, -0.05) is 29.8 Å². The lowest BCUT2D eigenvalue weighted by Crippen LogP contribution is -2.42. The van der Waals surface area contributed by atoms with Crippen LogP contribution in [0.5, 0.6) is 0 Å². The van der Waals surface area contributed by atoms with Crippen LogP contribution < -0.4 is 21.5 Å². The number of hydrogen-bond donors (Lipinski definition) is 4. The number of fused-ring (bicyclic) bond motifs is 1. The number of piperidine rings is 1. The lowest BCUT2D eigenvalue weighted by atomic mass is 10.1. The van der Waals surface area contributed by atoms with Gasteiger partial charge in [0.1, 0.15) is 10.5 Å². The molecule has 9 nitrogen and oxygen atoms in total. The van der Waals surface area contributed by atoms with Gasteiger partial charge in [0.05, 0.1) is 10.7 Å². The third-order valence-electron chi connectivity index (χ3n) is 6.15. The Morgan fingerprint density at radius 1 is 1.11 bits per heavy atom. The molecule has 0 aliphatic carbocycles.